The van der Waals surface area contributed by atoms with Crippen molar-refractivity contribution in [3.8, 4) is 0 Å². The molecule has 3 aromatic rings. The summed E-state index contributed by atoms with van der Waals surface area (Å²) >= 11 is 0. The molecule has 1 saturated heterocycles. The molecule has 39 heavy (non-hydrogen) atoms. The number of aliphatic hydroxyl groups excluding tert-OH is 1. The lowest BCUT2D eigenvalue weighted by Crippen LogP contribution is -2.51. The first-order valence-electron chi connectivity index (χ1n) is 14.2. The number of fused-ring (bicyclic) bond motifs is 1. The van der Waals surface area contributed by atoms with E-state index in [9.17, 15) is 14.7 Å². The van der Waals surface area contributed by atoms with Crippen LogP contribution in [0.3, 0.4) is 0 Å². The Balaban J connectivity index is 1.64. The highest BCUT2D eigenvalue weighted by molar-refractivity contribution is 6.05. The molecule has 7 nitrogen and oxygen atoms in total. The molecule has 0 radical (unpaired) electrons. The summed E-state index contributed by atoms with van der Waals surface area (Å²) in [5, 5.41) is 18.5. The van der Waals surface area contributed by atoms with Gasteiger partial charge in [0.1, 0.15) is 6.04 Å². The number of pyridine rings is 1. The van der Waals surface area contributed by atoms with Gasteiger partial charge in [-0.3, -0.25) is 19.5 Å². The largest absolute Gasteiger partial charge is 0.392 e. The van der Waals surface area contributed by atoms with Gasteiger partial charge in [0.05, 0.1) is 12.1 Å². The van der Waals surface area contributed by atoms with Gasteiger partial charge in [0.15, 0.2) is 0 Å². The van der Waals surface area contributed by atoms with Crippen LogP contribution < -0.4 is 15.5 Å². The van der Waals surface area contributed by atoms with Gasteiger partial charge in [-0.2, -0.15) is 0 Å². The maximum atomic E-state index is 14.3. The van der Waals surface area contributed by atoms with Crippen molar-refractivity contribution >= 4 is 28.3 Å². The van der Waals surface area contributed by atoms with Crippen molar-refractivity contribution in [1.29, 1.82) is 0 Å². The Morgan fingerprint density at radius 2 is 1.74 bits per heavy atom. The minimum absolute atomic E-state index is 0.0538. The number of benzene rings is 2. The Morgan fingerprint density at radius 1 is 1.03 bits per heavy atom. The van der Waals surface area contributed by atoms with Crippen LogP contribution in [-0.4, -0.2) is 46.6 Å². The number of hydrogen-bond acceptors (Lipinski definition) is 5. The highest BCUT2D eigenvalue weighted by atomic mass is 16.3. The molecule has 7 heteroatoms. The first-order valence-corrected chi connectivity index (χ1v) is 14.2. The van der Waals surface area contributed by atoms with Crippen LogP contribution in [-0.2, 0) is 15.0 Å². The lowest BCUT2D eigenvalue weighted by atomic mass is 9.87. The zero-order chi connectivity index (χ0) is 27.6. The minimum Gasteiger partial charge on any atom is -0.392 e. The molecule has 2 aromatic carbocycles. The van der Waals surface area contributed by atoms with E-state index in [0.717, 1.165) is 42.0 Å². The molecule has 0 spiro atoms. The number of nitrogens with one attached hydrogen (secondary N) is 2. The summed E-state index contributed by atoms with van der Waals surface area (Å²) in [6.07, 6.45) is 8.45. The van der Waals surface area contributed by atoms with Crippen molar-refractivity contribution in [3.63, 3.8) is 0 Å². The van der Waals surface area contributed by atoms with Gasteiger partial charge in [-0.05, 0) is 47.8 Å². The van der Waals surface area contributed by atoms with E-state index in [1.54, 1.807) is 17.3 Å². The summed E-state index contributed by atoms with van der Waals surface area (Å²) in [5.74, 6) is -0.432. The summed E-state index contributed by atoms with van der Waals surface area (Å²) in [6, 6.07) is 14.4. The van der Waals surface area contributed by atoms with E-state index in [0.29, 0.717) is 24.2 Å². The monoisotopic (exact) mass is 528 g/mol. The molecule has 1 saturated carbocycles. The summed E-state index contributed by atoms with van der Waals surface area (Å²) < 4.78 is 0. The smallest absolute Gasteiger partial charge is 0.248 e. The van der Waals surface area contributed by atoms with Gasteiger partial charge in [-0.1, -0.05) is 76.4 Å². The van der Waals surface area contributed by atoms with Crippen LogP contribution in [0, 0.1) is 0 Å². The Bertz CT molecular complexity index is 1310. The lowest BCUT2D eigenvalue weighted by molar-refractivity contribution is -0.128. The predicted octanol–water partition coefficient (Wildman–Crippen LogP) is 4.78. The number of rotatable bonds is 6. The summed E-state index contributed by atoms with van der Waals surface area (Å²) in [5.41, 5.74) is 2.42. The predicted molar refractivity (Wildman–Crippen MR) is 155 cm³/mol. The van der Waals surface area contributed by atoms with Crippen LogP contribution in [0.25, 0.3) is 10.8 Å². The molecular formula is C32H40N4O3. The van der Waals surface area contributed by atoms with Gasteiger partial charge in [0.25, 0.3) is 0 Å². The molecule has 2 amide bonds. The van der Waals surface area contributed by atoms with Crippen LogP contribution in [0.2, 0.25) is 0 Å². The number of carbonyl (C=O) groups is 2. The Hall–Kier alpha value is -3.29. The Labute approximate surface area is 231 Å². The van der Waals surface area contributed by atoms with Gasteiger partial charge < -0.3 is 15.7 Å². The first-order chi connectivity index (χ1) is 18.7. The molecule has 1 aliphatic carbocycles. The van der Waals surface area contributed by atoms with Crippen LogP contribution in [0.1, 0.15) is 76.5 Å². The van der Waals surface area contributed by atoms with E-state index in [4.69, 9.17) is 0 Å². The van der Waals surface area contributed by atoms with E-state index in [1.807, 2.05) is 48.5 Å². The fraction of sp³-hybridized carbons (Fsp3) is 0.469. The fourth-order valence-electron chi connectivity index (χ4n) is 5.88. The molecule has 2 aliphatic rings. The van der Waals surface area contributed by atoms with E-state index >= 15 is 0 Å². The number of carbonyl (C=O) groups excluding carboxylic acids is 2. The molecule has 1 aromatic heterocycles. The quantitative estimate of drug-likeness (QED) is 0.428. The van der Waals surface area contributed by atoms with Gasteiger partial charge in [0.2, 0.25) is 11.8 Å². The molecule has 0 bridgehead atoms. The molecule has 3 atom stereocenters. The number of hydrogen-bond donors (Lipinski definition) is 3. The highest BCUT2D eigenvalue weighted by Crippen LogP contribution is 2.35. The van der Waals surface area contributed by atoms with Crippen molar-refractivity contribution in [2.75, 3.05) is 11.4 Å². The van der Waals surface area contributed by atoms with Gasteiger partial charge in [-0.25, -0.2) is 0 Å². The van der Waals surface area contributed by atoms with Crippen molar-refractivity contribution in [1.82, 2.24) is 15.6 Å². The second-order valence-electron chi connectivity index (χ2n) is 12.1. The third-order valence-corrected chi connectivity index (χ3v) is 8.11. The number of aromatic nitrogens is 1. The van der Waals surface area contributed by atoms with Crippen LogP contribution in [0.4, 0.5) is 5.69 Å². The number of β-amino-alcohol motifs (C(OH)–C–C–N with tert-alkyl or cyclic N) is 1. The highest BCUT2D eigenvalue weighted by Gasteiger charge is 2.40. The fourth-order valence-corrected chi connectivity index (χ4v) is 5.88. The molecule has 3 N–H and O–H groups in total. The van der Waals surface area contributed by atoms with Crippen molar-refractivity contribution in [2.45, 2.75) is 88.9 Å². The molecule has 1 aliphatic heterocycles. The summed E-state index contributed by atoms with van der Waals surface area (Å²) in [6.45, 7) is 6.80. The van der Waals surface area contributed by atoms with Crippen molar-refractivity contribution in [2.24, 2.45) is 0 Å². The third kappa shape index (κ3) is 5.99. The van der Waals surface area contributed by atoms with Gasteiger partial charge in [-0.15, -0.1) is 0 Å². The van der Waals surface area contributed by atoms with E-state index < -0.39 is 18.2 Å². The molecule has 1 unspecified atom stereocenters. The Morgan fingerprint density at radius 3 is 2.41 bits per heavy atom. The van der Waals surface area contributed by atoms with E-state index in [-0.39, 0.29) is 23.3 Å². The summed E-state index contributed by atoms with van der Waals surface area (Å²) in [7, 11) is 0. The topological polar surface area (TPSA) is 94.6 Å². The minimum atomic E-state index is -0.918. The molecule has 5 rings (SSSR count). The zero-order valence-electron chi connectivity index (χ0n) is 23.2. The molecule has 206 valence electrons. The normalized spacial score (nSPS) is 21.0. The average molecular weight is 529 g/mol. The maximum absolute atomic E-state index is 14.3. The van der Waals surface area contributed by atoms with Crippen LogP contribution >= 0.6 is 0 Å². The average Bonchev–Trinajstić information content (AvgIpc) is 3.37. The second-order valence-corrected chi connectivity index (χ2v) is 12.1. The number of nitrogens with zero attached hydrogens (tertiary/aromatic N) is 2. The van der Waals surface area contributed by atoms with Crippen LogP contribution in [0.5, 0.6) is 0 Å². The SMILES string of the molecule is CC(C)(C)c1ccc(N(C(=O)[C@H]2C[C@@H](O)CN2)C(C(=O)NC2CCCCC2)c2cncc3ccccc23)cc1. The molecule has 2 fully saturated rings. The zero-order valence-corrected chi connectivity index (χ0v) is 23.2. The van der Waals surface area contributed by atoms with Crippen molar-refractivity contribution < 1.29 is 14.7 Å². The van der Waals surface area contributed by atoms with Crippen molar-refractivity contribution in [3.05, 3.63) is 72.1 Å². The number of anilines is 1. The number of aliphatic hydroxyl groups is 1. The van der Waals surface area contributed by atoms with Gasteiger partial charge in [0, 0.05) is 41.6 Å². The van der Waals surface area contributed by atoms with E-state index in [2.05, 4.69) is 36.4 Å². The summed E-state index contributed by atoms with van der Waals surface area (Å²) in [4.78, 5) is 34.7. The maximum Gasteiger partial charge on any atom is 0.248 e. The molecule has 2 heterocycles. The standard InChI is InChI=1S/C32H40N4O3/c1-32(2,3)22-13-15-24(16-14-22)36(31(39)28-17-25(37)19-34-28)29(30(38)35-23-10-5-4-6-11-23)27-20-33-18-21-9-7-8-12-26(21)27/h7-9,12-16,18,20,23,25,28-29,34,37H,4-6,10-11,17,19H2,1-3H3,(H,35,38)/t25-,28-,29?/m1/s1. The third-order valence-electron chi connectivity index (χ3n) is 8.11. The van der Waals surface area contributed by atoms with Gasteiger partial charge >= 0.3 is 0 Å². The lowest BCUT2D eigenvalue weighted by Gasteiger charge is -2.35. The first kappa shape index (κ1) is 27.3. The van der Waals surface area contributed by atoms with E-state index in [1.165, 1.54) is 6.42 Å². The number of amides is 2. The molecular weight excluding hydrogens is 488 g/mol. The Kier molecular flexibility index (Phi) is 8.01. The second kappa shape index (κ2) is 11.4. The van der Waals surface area contributed by atoms with Crippen LogP contribution in [0.15, 0.2) is 60.9 Å².